The topological polar surface area (TPSA) is 3.24 Å². The largest absolute Gasteiger partial charge is 0.310 e. The highest BCUT2D eigenvalue weighted by Crippen LogP contribution is 2.44. The summed E-state index contributed by atoms with van der Waals surface area (Å²) in [6.45, 7) is 0. The zero-order valence-corrected chi connectivity index (χ0v) is 29.2. The Morgan fingerprint density at radius 3 is 1.47 bits per heavy atom. The predicted octanol–water partition coefficient (Wildman–Crippen LogP) is 14.8. The summed E-state index contributed by atoms with van der Waals surface area (Å²) in [5.74, 6) is 0. The number of benzene rings is 10. The smallest absolute Gasteiger partial charge is 0.0546 e. The van der Waals surface area contributed by atoms with Crippen molar-refractivity contribution in [1.82, 2.24) is 0 Å². The number of rotatable bonds is 6. The normalized spacial score (nSPS) is 11.4. The molecule has 0 aliphatic rings. The van der Waals surface area contributed by atoms with Crippen LogP contribution in [0.2, 0.25) is 0 Å². The number of nitrogens with zero attached hydrogens (tertiary/aromatic N) is 1. The van der Waals surface area contributed by atoms with Gasteiger partial charge in [-0.25, -0.2) is 0 Å². The molecule has 0 spiro atoms. The molecule has 0 aliphatic heterocycles. The molecule has 0 atom stereocenters. The average Bonchev–Trinajstić information content (AvgIpc) is 3.24. The highest BCUT2D eigenvalue weighted by molar-refractivity contribution is 6.14. The Morgan fingerprint density at radius 1 is 0.264 bits per heavy atom. The van der Waals surface area contributed by atoms with E-state index in [1.165, 1.54) is 76.5 Å². The van der Waals surface area contributed by atoms with E-state index in [0.29, 0.717) is 0 Å². The molecule has 53 heavy (non-hydrogen) atoms. The lowest BCUT2D eigenvalue weighted by atomic mass is 9.89. The standard InChI is InChI=1S/C52H35N/c1-2-15-40(16-3-1)52-47-21-9-5-14-37(47)29-34-48(52)39-27-32-43(33-28-39)53(51-35-41-17-6-8-20-46(41)49-22-10-11-23-50(49)51)42-30-25-38(26-31-42)45-24-12-18-36-13-4-7-19-44(36)45/h1-35H. The van der Waals surface area contributed by atoms with Gasteiger partial charge in [-0.2, -0.15) is 0 Å². The lowest BCUT2D eigenvalue weighted by molar-refractivity contribution is 1.30. The molecule has 0 saturated heterocycles. The Kier molecular flexibility index (Phi) is 7.55. The van der Waals surface area contributed by atoms with Gasteiger partial charge in [0.05, 0.1) is 5.69 Å². The molecule has 0 amide bonds. The van der Waals surface area contributed by atoms with Gasteiger partial charge >= 0.3 is 0 Å². The summed E-state index contributed by atoms with van der Waals surface area (Å²) in [5, 5.41) is 9.97. The first kappa shape index (κ1) is 30.8. The number of hydrogen-bond acceptors (Lipinski definition) is 1. The van der Waals surface area contributed by atoms with Gasteiger partial charge in [0.1, 0.15) is 0 Å². The minimum absolute atomic E-state index is 1.11. The van der Waals surface area contributed by atoms with Crippen molar-refractivity contribution >= 4 is 60.2 Å². The van der Waals surface area contributed by atoms with E-state index in [4.69, 9.17) is 0 Å². The third-order valence-electron chi connectivity index (χ3n) is 10.6. The van der Waals surface area contributed by atoms with Gasteiger partial charge in [0, 0.05) is 16.8 Å². The van der Waals surface area contributed by atoms with Gasteiger partial charge in [0.2, 0.25) is 0 Å². The van der Waals surface area contributed by atoms with E-state index >= 15 is 0 Å². The second-order valence-electron chi connectivity index (χ2n) is 13.7. The first-order chi connectivity index (χ1) is 26.3. The van der Waals surface area contributed by atoms with Crippen LogP contribution in [0.1, 0.15) is 0 Å². The molecule has 0 saturated carbocycles. The van der Waals surface area contributed by atoms with Gasteiger partial charge in [0.25, 0.3) is 0 Å². The highest BCUT2D eigenvalue weighted by Gasteiger charge is 2.19. The Morgan fingerprint density at radius 2 is 0.774 bits per heavy atom. The average molecular weight is 674 g/mol. The molecule has 0 radical (unpaired) electrons. The molecular weight excluding hydrogens is 639 g/mol. The van der Waals surface area contributed by atoms with Crippen molar-refractivity contribution in [3.8, 4) is 33.4 Å². The van der Waals surface area contributed by atoms with E-state index in [9.17, 15) is 0 Å². The maximum atomic E-state index is 2.42. The summed E-state index contributed by atoms with van der Waals surface area (Å²) in [5.41, 5.74) is 10.7. The summed E-state index contributed by atoms with van der Waals surface area (Å²) in [6.07, 6.45) is 0. The van der Waals surface area contributed by atoms with Gasteiger partial charge in [-0.1, -0.05) is 182 Å². The first-order valence-corrected chi connectivity index (χ1v) is 18.3. The van der Waals surface area contributed by atoms with Crippen LogP contribution in [0.5, 0.6) is 0 Å². The molecule has 0 fully saturated rings. The summed E-state index contributed by atoms with van der Waals surface area (Å²) in [4.78, 5) is 2.42. The predicted molar refractivity (Wildman–Crippen MR) is 227 cm³/mol. The number of hydrogen-bond donors (Lipinski definition) is 0. The molecule has 0 unspecified atom stereocenters. The minimum Gasteiger partial charge on any atom is -0.310 e. The van der Waals surface area contributed by atoms with Crippen molar-refractivity contribution in [3.05, 3.63) is 212 Å². The zero-order chi connectivity index (χ0) is 35.1. The molecule has 0 aromatic heterocycles. The van der Waals surface area contributed by atoms with Crippen LogP contribution in [-0.4, -0.2) is 0 Å². The lowest BCUT2D eigenvalue weighted by Gasteiger charge is -2.28. The van der Waals surface area contributed by atoms with Crippen molar-refractivity contribution in [3.63, 3.8) is 0 Å². The van der Waals surface area contributed by atoms with E-state index in [0.717, 1.165) is 17.1 Å². The van der Waals surface area contributed by atoms with Crippen molar-refractivity contribution in [1.29, 1.82) is 0 Å². The molecule has 0 bridgehead atoms. The van der Waals surface area contributed by atoms with E-state index < -0.39 is 0 Å². The maximum absolute atomic E-state index is 2.42. The van der Waals surface area contributed by atoms with Crippen LogP contribution in [0.4, 0.5) is 17.1 Å². The van der Waals surface area contributed by atoms with Crippen LogP contribution in [-0.2, 0) is 0 Å². The fourth-order valence-electron chi connectivity index (χ4n) is 8.13. The van der Waals surface area contributed by atoms with E-state index in [1.54, 1.807) is 0 Å². The molecule has 0 aliphatic carbocycles. The van der Waals surface area contributed by atoms with Gasteiger partial charge in [-0.3, -0.25) is 0 Å². The lowest BCUT2D eigenvalue weighted by Crippen LogP contribution is -2.10. The van der Waals surface area contributed by atoms with Gasteiger partial charge in [0.15, 0.2) is 0 Å². The fraction of sp³-hybridized carbons (Fsp3) is 0. The van der Waals surface area contributed by atoms with Crippen molar-refractivity contribution in [2.24, 2.45) is 0 Å². The molecular formula is C52H35N. The third kappa shape index (κ3) is 5.42. The van der Waals surface area contributed by atoms with Crippen LogP contribution >= 0.6 is 0 Å². The summed E-state index contributed by atoms with van der Waals surface area (Å²) < 4.78 is 0. The van der Waals surface area contributed by atoms with Crippen molar-refractivity contribution in [2.75, 3.05) is 4.90 Å². The Labute approximate surface area is 309 Å². The Balaban J connectivity index is 1.15. The van der Waals surface area contributed by atoms with E-state index in [1.807, 2.05) is 0 Å². The SMILES string of the molecule is c1ccc(-c2c(-c3ccc(N(c4ccc(-c5cccc6ccccc56)cc4)c4cc5ccccc5c5ccccc45)cc3)ccc3ccccc23)cc1. The molecule has 10 aromatic rings. The van der Waals surface area contributed by atoms with Crippen LogP contribution in [0.15, 0.2) is 212 Å². The highest BCUT2D eigenvalue weighted by atomic mass is 15.1. The summed E-state index contributed by atoms with van der Waals surface area (Å²) in [7, 11) is 0. The zero-order valence-electron chi connectivity index (χ0n) is 29.2. The fourth-order valence-corrected chi connectivity index (χ4v) is 8.13. The van der Waals surface area contributed by atoms with Crippen LogP contribution in [0, 0.1) is 0 Å². The molecule has 0 heterocycles. The molecule has 10 rings (SSSR count). The maximum Gasteiger partial charge on any atom is 0.0546 e. The van der Waals surface area contributed by atoms with Crippen LogP contribution < -0.4 is 4.90 Å². The molecule has 1 nitrogen and oxygen atoms in total. The van der Waals surface area contributed by atoms with E-state index in [-0.39, 0.29) is 0 Å². The Bertz CT molecular complexity index is 2920. The van der Waals surface area contributed by atoms with Gasteiger partial charge in [-0.15, -0.1) is 0 Å². The van der Waals surface area contributed by atoms with Crippen LogP contribution in [0.3, 0.4) is 0 Å². The van der Waals surface area contributed by atoms with E-state index in [2.05, 4.69) is 217 Å². The summed E-state index contributed by atoms with van der Waals surface area (Å²) >= 11 is 0. The minimum atomic E-state index is 1.11. The van der Waals surface area contributed by atoms with Crippen LogP contribution in [0.25, 0.3) is 76.5 Å². The Hall–Kier alpha value is -6.96. The van der Waals surface area contributed by atoms with Crippen molar-refractivity contribution in [2.45, 2.75) is 0 Å². The second kappa shape index (κ2) is 13.0. The second-order valence-corrected chi connectivity index (χ2v) is 13.7. The number of anilines is 3. The first-order valence-electron chi connectivity index (χ1n) is 18.3. The van der Waals surface area contributed by atoms with Gasteiger partial charge in [-0.05, 0) is 101 Å². The molecule has 1 heteroatoms. The monoisotopic (exact) mass is 673 g/mol. The molecule has 0 N–H and O–H groups in total. The molecule has 10 aromatic carbocycles. The third-order valence-corrected chi connectivity index (χ3v) is 10.6. The molecule has 248 valence electrons. The van der Waals surface area contributed by atoms with Gasteiger partial charge < -0.3 is 4.90 Å². The quantitative estimate of drug-likeness (QED) is 0.159. The van der Waals surface area contributed by atoms with Crippen molar-refractivity contribution < 1.29 is 0 Å². The summed E-state index contributed by atoms with van der Waals surface area (Å²) in [6, 6.07) is 77.2. The number of fused-ring (bicyclic) bond motifs is 5.